The van der Waals surface area contributed by atoms with Crippen molar-refractivity contribution in [3.63, 3.8) is 0 Å². The van der Waals surface area contributed by atoms with Crippen molar-refractivity contribution in [3.05, 3.63) is 84.7 Å². The number of hydrogen-bond acceptors (Lipinski definition) is 4. The van der Waals surface area contributed by atoms with Crippen molar-refractivity contribution in [2.45, 2.75) is 13.0 Å². The zero-order valence-electron chi connectivity index (χ0n) is 14.3. The van der Waals surface area contributed by atoms with Gasteiger partial charge in [-0.15, -0.1) is 12.4 Å². The van der Waals surface area contributed by atoms with Crippen LogP contribution in [0.1, 0.15) is 18.5 Å². The number of nitrogens with one attached hydrogen (secondary N) is 1. The van der Waals surface area contributed by atoms with E-state index in [9.17, 15) is 0 Å². The molecule has 26 heavy (non-hydrogen) atoms. The van der Waals surface area contributed by atoms with Gasteiger partial charge in [-0.05, 0) is 36.8 Å². The second-order valence-corrected chi connectivity index (χ2v) is 5.93. The zero-order valence-corrected chi connectivity index (χ0v) is 15.1. The SMILES string of the molecule is CC(Nc1nc(-c2cccnc2)nc2ccccc12)c1ccccc1.Cl. The van der Waals surface area contributed by atoms with Gasteiger partial charge in [0.25, 0.3) is 0 Å². The van der Waals surface area contributed by atoms with Crippen LogP contribution in [0.25, 0.3) is 22.3 Å². The maximum absolute atomic E-state index is 4.77. The molecule has 1 atom stereocenters. The summed E-state index contributed by atoms with van der Waals surface area (Å²) in [5.41, 5.74) is 3.04. The van der Waals surface area contributed by atoms with Crippen LogP contribution >= 0.6 is 12.4 Å². The lowest BCUT2D eigenvalue weighted by Gasteiger charge is -2.17. The van der Waals surface area contributed by atoms with Gasteiger partial charge in [0, 0.05) is 29.4 Å². The number of aromatic nitrogens is 3. The first-order valence-corrected chi connectivity index (χ1v) is 8.30. The molecule has 5 heteroatoms. The van der Waals surface area contributed by atoms with Crippen molar-refractivity contribution in [1.29, 1.82) is 0 Å². The molecule has 0 fully saturated rings. The second-order valence-electron chi connectivity index (χ2n) is 5.93. The number of halogens is 1. The van der Waals surface area contributed by atoms with E-state index in [2.05, 4.69) is 29.4 Å². The molecule has 130 valence electrons. The average molecular weight is 363 g/mol. The minimum absolute atomic E-state index is 0. The van der Waals surface area contributed by atoms with Crippen molar-refractivity contribution < 1.29 is 0 Å². The van der Waals surface area contributed by atoms with E-state index in [1.807, 2.05) is 54.6 Å². The van der Waals surface area contributed by atoms with Crippen LogP contribution in [0.4, 0.5) is 5.82 Å². The molecule has 0 radical (unpaired) electrons. The largest absolute Gasteiger partial charge is 0.363 e. The van der Waals surface area contributed by atoms with E-state index in [1.165, 1.54) is 5.56 Å². The summed E-state index contributed by atoms with van der Waals surface area (Å²) in [4.78, 5) is 13.6. The van der Waals surface area contributed by atoms with Gasteiger partial charge >= 0.3 is 0 Å². The Bertz CT molecular complexity index is 990. The third-order valence-electron chi connectivity index (χ3n) is 4.18. The van der Waals surface area contributed by atoms with E-state index >= 15 is 0 Å². The first-order chi connectivity index (χ1) is 12.3. The molecule has 2 heterocycles. The highest BCUT2D eigenvalue weighted by atomic mass is 35.5. The minimum Gasteiger partial charge on any atom is -0.363 e. The van der Waals surface area contributed by atoms with E-state index in [-0.39, 0.29) is 18.4 Å². The second kappa shape index (κ2) is 7.93. The number of fused-ring (bicyclic) bond motifs is 1. The summed E-state index contributed by atoms with van der Waals surface area (Å²) in [6, 6.07) is 22.4. The van der Waals surface area contributed by atoms with Gasteiger partial charge < -0.3 is 5.32 Å². The molecule has 0 spiro atoms. The van der Waals surface area contributed by atoms with Crippen LogP contribution < -0.4 is 5.32 Å². The number of nitrogens with zero attached hydrogens (tertiary/aromatic N) is 3. The first kappa shape index (κ1) is 17.8. The predicted octanol–water partition coefficient (Wildman–Crippen LogP) is 5.29. The van der Waals surface area contributed by atoms with Crippen molar-refractivity contribution in [3.8, 4) is 11.4 Å². The lowest BCUT2D eigenvalue weighted by Crippen LogP contribution is -2.09. The standard InChI is InChI=1S/C21H18N4.ClH/c1-15(16-8-3-2-4-9-16)23-21-18-11-5-6-12-19(18)24-20(25-21)17-10-7-13-22-14-17;/h2-15H,1H3,(H,23,24,25);1H. The molecule has 0 aliphatic rings. The summed E-state index contributed by atoms with van der Waals surface area (Å²) in [7, 11) is 0. The Hall–Kier alpha value is -2.98. The molecule has 0 saturated heterocycles. The summed E-state index contributed by atoms with van der Waals surface area (Å²) >= 11 is 0. The highest BCUT2D eigenvalue weighted by molar-refractivity contribution is 5.90. The summed E-state index contributed by atoms with van der Waals surface area (Å²) in [5.74, 6) is 1.51. The summed E-state index contributed by atoms with van der Waals surface area (Å²) < 4.78 is 0. The fraction of sp³-hybridized carbons (Fsp3) is 0.0952. The zero-order chi connectivity index (χ0) is 17.1. The number of para-hydroxylation sites is 1. The maximum atomic E-state index is 4.77. The average Bonchev–Trinajstić information content (AvgIpc) is 2.69. The number of pyridine rings is 1. The van der Waals surface area contributed by atoms with Crippen LogP contribution in [0.3, 0.4) is 0 Å². The molecular formula is C21H19ClN4. The highest BCUT2D eigenvalue weighted by Gasteiger charge is 2.12. The Morgan fingerprint density at radius 3 is 2.38 bits per heavy atom. The Kier molecular flexibility index (Phi) is 5.44. The summed E-state index contributed by atoms with van der Waals surface area (Å²) in [5, 5.41) is 4.55. The number of benzene rings is 2. The number of rotatable bonds is 4. The monoisotopic (exact) mass is 362 g/mol. The Morgan fingerprint density at radius 1 is 0.846 bits per heavy atom. The number of anilines is 1. The van der Waals surface area contributed by atoms with Crippen molar-refractivity contribution in [2.75, 3.05) is 5.32 Å². The van der Waals surface area contributed by atoms with Crippen LogP contribution in [0, 0.1) is 0 Å². The molecule has 4 rings (SSSR count). The van der Waals surface area contributed by atoms with Crippen LogP contribution in [-0.2, 0) is 0 Å². The van der Waals surface area contributed by atoms with E-state index in [0.717, 1.165) is 22.3 Å². The lowest BCUT2D eigenvalue weighted by atomic mass is 10.1. The molecular weight excluding hydrogens is 344 g/mol. The molecule has 4 nitrogen and oxygen atoms in total. The number of hydrogen-bond donors (Lipinski definition) is 1. The van der Waals surface area contributed by atoms with Gasteiger partial charge in [0.2, 0.25) is 0 Å². The van der Waals surface area contributed by atoms with E-state index in [1.54, 1.807) is 12.4 Å². The molecule has 0 aliphatic heterocycles. The smallest absolute Gasteiger partial charge is 0.163 e. The Morgan fingerprint density at radius 2 is 1.62 bits per heavy atom. The summed E-state index contributed by atoms with van der Waals surface area (Å²) in [6.45, 7) is 2.13. The van der Waals surface area contributed by atoms with Crippen molar-refractivity contribution >= 4 is 29.1 Å². The molecule has 0 bridgehead atoms. The third kappa shape index (κ3) is 3.65. The first-order valence-electron chi connectivity index (χ1n) is 8.30. The third-order valence-corrected chi connectivity index (χ3v) is 4.18. The van der Waals surface area contributed by atoms with Crippen LogP contribution in [0.2, 0.25) is 0 Å². The van der Waals surface area contributed by atoms with E-state index in [0.29, 0.717) is 5.82 Å². The van der Waals surface area contributed by atoms with Gasteiger partial charge in [0.05, 0.1) is 5.52 Å². The lowest BCUT2D eigenvalue weighted by molar-refractivity contribution is 0.876. The van der Waals surface area contributed by atoms with E-state index in [4.69, 9.17) is 9.97 Å². The van der Waals surface area contributed by atoms with Crippen molar-refractivity contribution in [2.24, 2.45) is 0 Å². The molecule has 0 aliphatic carbocycles. The van der Waals surface area contributed by atoms with Gasteiger partial charge in [-0.25, -0.2) is 9.97 Å². The molecule has 4 aromatic rings. The highest BCUT2D eigenvalue weighted by Crippen LogP contribution is 2.27. The predicted molar refractivity (Wildman–Crippen MR) is 108 cm³/mol. The van der Waals surface area contributed by atoms with Gasteiger partial charge in [-0.2, -0.15) is 0 Å². The van der Waals surface area contributed by atoms with Crippen LogP contribution in [-0.4, -0.2) is 15.0 Å². The van der Waals surface area contributed by atoms with Crippen LogP contribution in [0.5, 0.6) is 0 Å². The molecule has 2 aromatic heterocycles. The molecule has 1 N–H and O–H groups in total. The Labute approximate surface area is 158 Å². The normalized spacial score (nSPS) is 11.6. The van der Waals surface area contributed by atoms with Gasteiger partial charge in [-0.1, -0.05) is 42.5 Å². The van der Waals surface area contributed by atoms with Crippen molar-refractivity contribution in [1.82, 2.24) is 15.0 Å². The summed E-state index contributed by atoms with van der Waals surface area (Å²) in [6.07, 6.45) is 3.54. The van der Waals surface area contributed by atoms with Gasteiger partial charge in [0.1, 0.15) is 5.82 Å². The molecule has 0 saturated carbocycles. The van der Waals surface area contributed by atoms with E-state index < -0.39 is 0 Å². The Balaban J connectivity index is 0.00000196. The van der Waals surface area contributed by atoms with Gasteiger partial charge in [-0.3, -0.25) is 4.98 Å². The quantitative estimate of drug-likeness (QED) is 0.536. The maximum Gasteiger partial charge on any atom is 0.163 e. The van der Waals surface area contributed by atoms with Crippen LogP contribution in [0.15, 0.2) is 79.1 Å². The van der Waals surface area contributed by atoms with Gasteiger partial charge in [0.15, 0.2) is 5.82 Å². The minimum atomic E-state index is 0. The molecule has 1 unspecified atom stereocenters. The fourth-order valence-corrected chi connectivity index (χ4v) is 2.84. The topological polar surface area (TPSA) is 50.7 Å². The molecule has 2 aromatic carbocycles. The molecule has 0 amide bonds. The fourth-order valence-electron chi connectivity index (χ4n) is 2.84.